The monoisotopic (exact) mass is 194 g/mol. The normalized spacial score (nSPS) is 13.2. The lowest BCUT2D eigenvalue weighted by atomic mass is 9.99. The summed E-state index contributed by atoms with van der Waals surface area (Å²) in [5.74, 6) is 0.883. The van der Waals surface area contributed by atoms with Crippen molar-refractivity contribution in [2.75, 3.05) is 5.73 Å². The first kappa shape index (κ1) is 11.0. The molecule has 0 fully saturated rings. The molecule has 3 nitrogen and oxygen atoms in total. The van der Waals surface area contributed by atoms with Gasteiger partial charge in [0.05, 0.1) is 6.10 Å². The van der Waals surface area contributed by atoms with Crippen LogP contribution in [0, 0.1) is 12.8 Å². The average molecular weight is 194 g/mol. The summed E-state index contributed by atoms with van der Waals surface area (Å²) < 4.78 is 0. The molecule has 0 bridgehead atoms. The van der Waals surface area contributed by atoms with Crippen molar-refractivity contribution < 1.29 is 5.11 Å². The van der Waals surface area contributed by atoms with Gasteiger partial charge in [0.1, 0.15) is 5.82 Å². The van der Waals surface area contributed by atoms with Crippen molar-refractivity contribution in [2.45, 2.75) is 33.3 Å². The molecule has 0 aliphatic carbocycles. The fraction of sp³-hybridized carbons (Fsp3) is 0.545. The maximum absolute atomic E-state index is 9.88. The predicted octanol–water partition coefficient (Wildman–Crippen LogP) is 2.05. The van der Waals surface area contributed by atoms with Crippen LogP contribution in [0.1, 0.15) is 37.5 Å². The summed E-state index contributed by atoms with van der Waals surface area (Å²) in [6.07, 6.45) is 1.93. The van der Waals surface area contributed by atoms with Gasteiger partial charge in [-0.25, -0.2) is 4.98 Å². The molecule has 0 spiro atoms. The molecule has 3 N–H and O–H groups in total. The van der Waals surface area contributed by atoms with Crippen molar-refractivity contribution in [3.8, 4) is 0 Å². The number of rotatable bonds is 3. The lowest BCUT2D eigenvalue weighted by molar-refractivity contribution is 0.151. The molecule has 1 unspecified atom stereocenters. The van der Waals surface area contributed by atoms with Gasteiger partial charge in [0.2, 0.25) is 0 Å². The minimum atomic E-state index is -0.498. The number of aliphatic hydroxyl groups is 1. The highest BCUT2D eigenvalue weighted by molar-refractivity contribution is 5.42. The molecule has 78 valence electrons. The quantitative estimate of drug-likeness (QED) is 0.774. The SMILES string of the molecule is Cc1cnc(N)c(C(O)CC(C)C)c1. The molecule has 0 saturated heterocycles. The molecule has 0 amide bonds. The number of nitrogens with two attached hydrogens (primary N) is 1. The van der Waals surface area contributed by atoms with Crippen molar-refractivity contribution in [2.24, 2.45) is 5.92 Å². The van der Waals surface area contributed by atoms with Crippen LogP contribution in [0.2, 0.25) is 0 Å². The zero-order valence-electron chi connectivity index (χ0n) is 8.99. The van der Waals surface area contributed by atoms with Crippen molar-refractivity contribution in [3.05, 3.63) is 23.4 Å². The summed E-state index contributed by atoms with van der Waals surface area (Å²) >= 11 is 0. The van der Waals surface area contributed by atoms with Gasteiger partial charge in [-0.3, -0.25) is 0 Å². The number of nitrogens with zero attached hydrogens (tertiary/aromatic N) is 1. The minimum absolute atomic E-state index is 0.434. The van der Waals surface area contributed by atoms with Gasteiger partial charge >= 0.3 is 0 Å². The third-order valence-electron chi connectivity index (χ3n) is 2.14. The number of anilines is 1. The standard InChI is InChI=1S/C11H18N2O/c1-7(2)4-10(14)9-5-8(3)6-13-11(9)12/h5-7,10,14H,4H2,1-3H3,(H2,12,13). The van der Waals surface area contributed by atoms with Crippen LogP contribution in [0.3, 0.4) is 0 Å². The molecule has 0 aliphatic rings. The van der Waals surface area contributed by atoms with E-state index in [1.165, 1.54) is 0 Å². The average Bonchev–Trinajstić information content (AvgIpc) is 2.08. The Morgan fingerprint density at radius 3 is 2.71 bits per heavy atom. The number of hydrogen-bond donors (Lipinski definition) is 2. The number of pyridine rings is 1. The fourth-order valence-corrected chi connectivity index (χ4v) is 1.44. The van der Waals surface area contributed by atoms with Gasteiger partial charge < -0.3 is 10.8 Å². The largest absolute Gasteiger partial charge is 0.388 e. The molecule has 0 aliphatic heterocycles. The Bertz CT molecular complexity index is 310. The molecule has 1 atom stereocenters. The number of hydrogen-bond acceptors (Lipinski definition) is 3. The van der Waals surface area contributed by atoms with Gasteiger partial charge in [-0.15, -0.1) is 0 Å². The molecule has 1 aromatic heterocycles. The topological polar surface area (TPSA) is 59.1 Å². The Morgan fingerprint density at radius 1 is 1.50 bits per heavy atom. The van der Waals surface area contributed by atoms with Crippen molar-refractivity contribution in [3.63, 3.8) is 0 Å². The lowest BCUT2D eigenvalue weighted by Crippen LogP contribution is -2.07. The Morgan fingerprint density at radius 2 is 2.14 bits per heavy atom. The van der Waals surface area contributed by atoms with E-state index in [-0.39, 0.29) is 0 Å². The number of aryl methyl sites for hydroxylation is 1. The van der Waals surface area contributed by atoms with Crippen LogP contribution in [0.25, 0.3) is 0 Å². The molecule has 0 radical (unpaired) electrons. The second-order valence-corrected chi connectivity index (χ2v) is 4.13. The van der Waals surface area contributed by atoms with Crippen LogP contribution in [0.5, 0.6) is 0 Å². The Balaban J connectivity index is 2.88. The summed E-state index contributed by atoms with van der Waals surface area (Å²) in [7, 11) is 0. The van der Waals surface area contributed by atoms with E-state index in [0.29, 0.717) is 11.7 Å². The van der Waals surface area contributed by atoms with Crippen LogP contribution in [0.15, 0.2) is 12.3 Å². The highest BCUT2D eigenvalue weighted by Crippen LogP contribution is 2.25. The van der Waals surface area contributed by atoms with Crippen LogP contribution in [-0.2, 0) is 0 Å². The third kappa shape index (κ3) is 2.70. The number of aliphatic hydroxyl groups excluding tert-OH is 1. The fourth-order valence-electron chi connectivity index (χ4n) is 1.44. The third-order valence-corrected chi connectivity index (χ3v) is 2.14. The number of aromatic nitrogens is 1. The van der Waals surface area contributed by atoms with Gasteiger partial charge in [-0.05, 0) is 30.9 Å². The Hall–Kier alpha value is -1.09. The van der Waals surface area contributed by atoms with E-state index in [9.17, 15) is 5.11 Å². The van der Waals surface area contributed by atoms with Crippen LogP contribution in [-0.4, -0.2) is 10.1 Å². The summed E-state index contributed by atoms with van der Waals surface area (Å²) in [5.41, 5.74) is 7.47. The van der Waals surface area contributed by atoms with Gasteiger partial charge in [0.15, 0.2) is 0 Å². The Kier molecular flexibility index (Phi) is 3.47. The highest BCUT2D eigenvalue weighted by atomic mass is 16.3. The lowest BCUT2D eigenvalue weighted by Gasteiger charge is -2.15. The smallest absolute Gasteiger partial charge is 0.129 e. The van der Waals surface area contributed by atoms with Gasteiger partial charge in [0.25, 0.3) is 0 Å². The van der Waals surface area contributed by atoms with E-state index in [1.54, 1.807) is 6.20 Å². The van der Waals surface area contributed by atoms with Crippen molar-refractivity contribution >= 4 is 5.82 Å². The summed E-state index contributed by atoms with van der Waals surface area (Å²) in [6, 6.07) is 1.90. The van der Waals surface area contributed by atoms with E-state index in [4.69, 9.17) is 5.73 Å². The molecule has 14 heavy (non-hydrogen) atoms. The van der Waals surface area contributed by atoms with Gasteiger partial charge in [-0.2, -0.15) is 0 Å². The van der Waals surface area contributed by atoms with Gasteiger partial charge in [0, 0.05) is 11.8 Å². The van der Waals surface area contributed by atoms with Crippen molar-refractivity contribution in [1.82, 2.24) is 4.98 Å². The highest BCUT2D eigenvalue weighted by Gasteiger charge is 2.13. The maximum Gasteiger partial charge on any atom is 0.129 e. The van der Waals surface area contributed by atoms with E-state index in [2.05, 4.69) is 18.8 Å². The first-order valence-electron chi connectivity index (χ1n) is 4.90. The van der Waals surface area contributed by atoms with E-state index in [1.807, 2.05) is 13.0 Å². The van der Waals surface area contributed by atoms with Gasteiger partial charge in [-0.1, -0.05) is 13.8 Å². The molecular weight excluding hydrogens is 176 g/mol. The Labute approximate surface area is 85.0 Å². The zero-order chi connectivity index (χ0) is 10.7. The predicted molar refractivity (Wildman–Crippen MR) is 57.8 cm³/mol. The minimum Gasteiger partial charge on any atom is -0.388 e. The maximum atomic E-state index is 9.88. The zero-order valence-corrected chi connectivity index (χ0v) is 8.99. The van der Waals surface area contributed by atoms with Crippen molar-refractivity contribution in [1.29, 1.82) is 0 Å². The second-order valence-electron chi connectivity index (χ2n) is 4.13. The van der Waals surface area contributed by atoms with E-state index in [0.717, 1.165) is 17.5 Å². The van der Waals surface area contributed by atoms with Crippen LogP contribution in [0.4, 0.5) is 5.82 Å². The molecule has 1 rings (SSSR count). The molecule has 1 heterocycles. The summed E-state index contributed by atoms with van der Waals surface area (Å²) in [5, 5.41) is 9.88. The second kappa shape index (κ2) is 4.42. The summed E-state index contributed by atoms with van der Waals surface area (Å²) in [4.78, 5) is 4.02. The van der Waals surface area contributed by atoms with Crippen LogP contribution < -0.4 is 5.73 Å². The van der Waals surface area contributed by atoms with Crippen LogP contribution >= 0.6 is 0 Å². The van der Waals surface area contributed by atoms with E-state index >= 15 is 0 Å². The molecule has 1 aromatic rings. The molecular formula is C11H18N2O. The molecule has 0 saturated carbocycles. The number of nitrogen functional groups attached to an aromatic ring is 1. The van der Waals surface area contributed by atoms with E-state index < -0.39 is 6.10 Å². The first-order chi connectivity index (χ1) is 6.50. The first-order valence-corrected chi connectivity index (χ1v) is 4.90. The molecule has 3 heteroatoms. The summed E-state index contributed by atoms with van der Waals surface area (Å²) in [6.45, 7) is 6.09. The molecule has 0 aromatic carbocycles.